The number of carbonyl (C=O) groups excluding carboxylic acids is 1. The third-order valence-corrected chi connectivity index (χ3v) is 6.09. The second-order valence-electron chi connectivity index (χ2n) is 8.41. The summed E-state index contributed by atoms with van der Waals surface area (Å²) < 4.78 is 0. The maximum Gasteiger partial charge on any atom is 0.251 e. The molecule has 1 amide bonds. The lowest BCUT2D eigenvalue weighted by Gasteiger charge is -2.36. The van der Waals surface area contributed by atoms with Crippen LogP contribution in [0.3, 0.4) is 0 Å². The Morgan fingerprint density at radius 2 is 1.82 bits per heavy atom. The Bertz CT molecular complexity index is 1110. The molecule has 1 atom stereocenters. The molecule has 1 aliphatic heterocycles. The van der Waals surface area contributed by atoms with Crippen molar-refractivity contribution in [3.63, 3.8) is 0 Å². The van der Waals surface area contributed by atoms with Gasteiger partial charge in [0.15, 0.2) is 0 Å². The first-order valence-corrected chi connectivity index (χ1v) is 11.4. The van der Waals surface area contributed by atoms with Crippen LogP contribution in [0.15, 0.2) is 78.9 Å². The number of aliphatic hydroxyl groups excluding tert-OH is 1. The Labute approximate surface area is 195 Å². The summed E-state index contributed by atoms with van der Waals surface area (Å²) in [7, 11) is 0. The highest BCUT2D eigenvalue weighted by atomic mass is 16.3. The lowest BCUT2D eigenvalue weighted by atomic mass is 9.93. The van der Waals surface area contributed by atoms with E-state index in [4.69, 9.17) is 0 Å². The highest BCUT2D eigenvalue weighted by Crippen LogP contribution is 2.28. The predicted octanol–water partition coefficient (Wildman–Crippen LogP) is 4.14. The van der Waals surface area contributed by atoms with Crippen LogP contribution in [0, 0.1) is 0 Å². The van der Waals surface area contributed by atoms with E-state index in [1.54, 1.807) is 12.1 Å². The van der Waals surface area contributed by atoms with Gasteiger partial charge >= 0.3 is 0 Å². The van der Waals surface area contributed by atoms with Crippen LogP contribution in [-0.2, 0) is 19.5 Å². The molecule has 1 heterocycles. The molecule has 0 saturated carbocycles. The molecule has 0 radical (unpaired) electrons. The molecule has 0 aromatic heterocycles. The highest BCUT2D eigenvalue weighted by molar-refractivity contribution is 5.95. The van der Waals surface area contributed by atoms with Crippen molar-refractivity contribution in [2.45, 2.75) is 32.0 Å². The molecular weight excluding hydrogens is 412 g/mol. The van der Waals surface area contributed by atoms with Gasteiger partial charge in [-0.25, -0.2) is 0 Å². The van der Waals surface area contributed by atoms with E-state index in [0.717, 1.165) is 28.7 Å². The van der Waals surface area contributed by atoms with Crippen LogP contribution in [0.1, 0.15) is 39.0 Å². The van der Waals surface area contributed by atoms with Crippen LogP contribution in [0.2, 0.25) is 0 Å². The number of nitrogens with one attached hydrogen (secondary N) is 1. The first kappa shape index (κ1) is 22.8. The number of phenols is 1. The third-order valence-electron chi connectivity index (χ3n) is 6.09. The number of amides is 1. The summed E-state index contributed by atoms with van der Waals surface area (Å²) in [6.45, 7) is 1.78. The van der Waals surface area contributed by atoms with Gasteiger partial charge < -0.3 is 15.5 Å². The minimum absolute atomic E-state index is 0.0266. The predicted molar refractivity (Wildman–Crippen MR) is 131 cm³/mol. The lowest BCUT2D eigenvalue weighted by Crippen LogP contribution is -2.42. The fourth-order valence-corrected chi connectivity index (χ4v) is 4.30. The van der Waals surface area contributed by atoms with Gasteiger partial charge in [0, 0.05) is 31.2 Å². The maximum absolute atomic E-state index is 12.9. The van der Waals surface area contributed by atoms with Crippen molar-refractivity contribution >= 4 is 12.0 Å². The number of aromatic hydroxyl groups is 1. The fraction of sp³-hybridized carbons (Fsp3) is 0.250. The molecule has 0 aliphatic carbocycles. The number of nitrogens with zero attached hydrogens (tertiary/aromatic N) is 1. The number of hydrogen-bond acceptors (Lipinski definition) is 4. The van der Waals surface area contributed by atoms with Gasteiger partial charge in [0.25, 0.3) is 5.91 Å². The van der Waals surface area contributed by atoms with E-state index < -0.39 is 0 Å². The first-order valence-electron chi connectivity index (χ1n) is 11.4. The zero-order valence-electron chi connectivity index (χ0n) is 18.7. The zero-order valence-corrected chi connectivity index (χ0v) is 18.7. The zero-order chi connectivity index (χ0) is 23.0. The number of benzene rings is 3. The summed E-state index contributed by atoms with van der Waals surface area (Å²) in [5.74, 6) is 0.159. The van der Waals surface area contributed by atoms with Crippen molar-refractivity contribution in [1.82, 2.24) is 10.2 Å². The monoisotopic (exact) mass is 442 g/mol. The normalized spacial score (nSPS) is 16.0. The van der Waals surface area contributed by atoms with Crippen LogP contribution in [0.4, 0.5) is 0 Å². The van der Waals surface area contributed by atoms with E-state index in [9.17, 15) is 15.0 Å². The second kappa shape index (κ2) is 10.9. The van der Waals surface area contributed by atoms with E-state index in [1.807, 2.05) is 60.7 Å². The van der Waals surface area contributed by atoms with Gasteiger partial charge in [-0.2, -0.15) is 0 Å². The second-order valence-corrected chi connectivity index (χ2v) is 8.41. The lowest BCUT2D eigenvalue weighted by molar-refractivity contribution is 0.0931. The van der Waals surface area contributed by atoms with Crippen molar-refractivity contribution in [3.05, 3.63) is 107 Å². The van der Waals surface area contributed by atoms with Crippen LogP contribution in [0.25, 0.3) is 6.08 Å². The van der Waals surface area contributed by atoms with Gasteiger partial charge in [-0.15, -0.1) is 0 Å². The van der Waals surface area contributed by atoms with Gasteiger partial charge in [-0.1, -0.05) is 66.7 Å². The Hall–Kier alpha value is -3.41. The number of hydrogen-bond donors (Lipinski definition) is 3. The van der Waals surface area contributed by atoms with Crippen LogP contribution in [-0.4, -0.2) is 40.2 Å². The molecule has 0 fully saturated rings. The number of rotatable bonds is 8. The summed E-state index contributed by atoms with van der Waals surface area (Å²) >= 11 is 0. The molecule has 1 aliphatic rings. The number of fused-ring (bicyclic) bond motifs is 1. The van der Waals surface area contributed by atoms with E-state index >= 15 is 0 Å². The van der Waals surface area contributed by atoms with Crippen molar-refractivity contribution < 1.29 is 15.0 Å². The average molecular weight is 443 g/mol. The number of aliphatic hydroxyl groups is 1. The Morgan fingerprint density at radius 3 is 2.64 bits per heavy atom. The summed E-state index contributed by atoms with van der Waals surface area (Å²) in [6.07, 6.45) is 5.59. The van der Waals surface area contributed by atoms with Gasteiger partial charge in [0.05, 0.1) is 6.61 Å². The van der Waals surface area contributed by atoms with Gasteiger partial charge in [0.2, 0.25) is 0 Å². The van der Waals surface area contributed by atoms with Crippen LogP contribution < -0.4 is 5.32 Å². The largest absolute Gasteiger partial charge is 0.508 e. The summed E-state index contributed by atoms with van der Waals surface area (Å²) in [5, 5.41) is 22.9. The van der Waals surface area contributed by atoms with Crippen molar-refractivity contribution in [1.29, 1.82) is 0 Å². The highest BCUT2D eigenvalue weighted by Gasteiger charge is 2.27. The molecule has 3 N–H and O–H groups in total. The molecule has 5 nitrogen and oxygen atoms in total. The fourth-order valence-electron chi connectivity index (χ4n) is 4.30. The SMILES string of the molecule is O=C(NCC/C=C/c1ccccc1)c1ccccc1CN1Cc2cc(O)ccc2C[C@H]1CO. The van der Waals surface area contributed by atoms with Crippen LogP contribution in [0.5, 0.6) is 5.75 Å². The van der Waals surface area contributed by atoms with E-state index in [-0.39, 0.29) is 24.3 Å². The average Bonchev–Trinajstić information content (AvgIpc) is 2.84. The van der Waals surface area contributed by atoms with E-state index in [0.29, 0.717) is 31.6 Å². The summed E-state index contributed by atoms with van der Waals surface area (Å²) in [4.78, 5) is 15.1. The molecule has 5 heteroatoms. The molecule has 3 aromatic rings. The topological polar surface area (TPSA) is 72.8 Å². The Balaban J connectivity index is 1.39. The smallest absolute Gasteiger partial charge is 0.251 e. The van der Waals surface area contributed by atoms with Crippen molar-refractivity contribution in [2.75, 3.05) is 13.2 Å². The van der Waals surface area contributed by atoms with Gasteiger partial charge in [-0.3, -0.25) is 9.69 Å². The minimum Gasteiger partial charge on any atom is -0.508 e. The summed E-state index contributed by atoms with van der Waals surface area (Å²) in [6, 6.07) is 23.1. The Kier molecular flexibility index (Phi) is 7.55. The molecule has 0 bridgehead atoms. The Morgan fingerprint density at radius 1 is 1.03 bits per heavy atom. The van der Waals surface area contributed by atoms with E-state index in [1.165, 1.54) is 0 Å². The number of phenolic OH excluding ortho intramolecular Hbond substituents is 1. The van der Waals surface area contributed by atoms with Crippen LogP contribution >= 0.6 is 0 Å². The molecule has 0 unspecified atom stereocenters. The van der Waals surface area contributed by atoms with Crippen molar-refractivity contribution in [3.8, 4) is 5.75 Å². The summed E-state index contributed by atoms with van der Waals surface area (Å²) in [5.41, 5.74) is 4.94. The molecule has 0 spiro atoms. The third kappa shape index (κ3) is 5.89. The van der Waals surface area contributed by atoms with E-state index in [2.05, 4.69) is 22.4 Å². The standard InChI is InChI=1S/C28H30N2O3/c31-20-25-16-22-13-14-26(32)17-24(22)19-30(25)18-23-11-4-5-12-27(23)28(33)29-15-7-6-10-21-8-2-1-3-9-21/h1-6,8-14,17,25,31-32H,7,15-16,18-20H2,(H,29,33)/b10-6+/t25-/m0/s1. The molecule has 3 aromatic carbocycles. The molecular formula is C28H30N2O3. The first-order chi connectivity index (χ1) is 16.1. The minimum atomic E-state index is -0.0886. The number of carbonyl (C=O) groups is 1. The quantitative estimate of drug-likeness (QED) is 0.459. The van der Waals surface area contributed by atoms with Gasteiger partial charge in [0.1, 0.15) is 5.75 Å². The molecule has 170 valence electrons. The molecule has 33 heavy (non-hydrogen) atoms. The molecule has 4 rings (SSSR count). The molecule has 0 saturated heterocycles. The van der Waals surface area contributed by atoms with Gasteiger partial charge in [-0.05, 0) is 53.3 Å². The van der Waals surface area contributed by atoms with Crippen molar-refractivity contribution in [2.24, 2.45) is 0 Å². The maximum atomic E-state index is 12.9.